The molecule has 1 N–H and O–H groups in total. The molecule has 1 fully saturated rings. The van der Waals surface area contributed by atoms with Gasteiger partial charge in [0.2, 0.25) is 5.91 Å². The Bertz CT molecular complexity index is 873. The van der Waals surface area contributed by atoms with Crippen molar-refractivity contribution in [2.75, 3.05) is 12.9 Å². The SMILES string of the molecule is COc1ccc(C(NC(=O)CCS(=O)(=O)C2CCCC2)c2ccccc2)cc1. The fourth-order valence-corrected chi connectivity index (χ4v) is 5.54. The number of methoxy groups -OCH3 is 1. The molecule has 0 aromatic heterocycles. The lowest BCUT2D eigenvalue weighted by atomic mass is 9.98. The van der Waals surface area contributed by atoms with Gasteiger partial charge in [-0.2, -0.15) is 0 Å². The fourth-order valence-electron chi connectivity index (χ4n) is 3.68. The van der Waals surface area contributed by atoms with Crippen molar-refractivity contribution in [3.05, 3.63) is 65.7 Å². The number of hydrogen-bond donors (Lipinski definition) is 1. The molecule has 2 aromatic carbocycles. The van der Waals surface area contributed by atoms with Crippen molar-refractivity contribution in [3.63, 3.8) is 0 Å². The van der Waals surface area contributed by atoms with E-state index in [1.54, 1.807) is 7.11 Å². The third-order valence-corrected chi connectivity index (χ3v) is 7.57. The number of rotatable bonds is 8. The van der Waals surface area contributed by atoms with Crippen LogP contribution in [0.1, 0.15) is 49.3 Å². The highest BCUT2D eigenvalue weighted by molar-refractivity contribution is 7.92. The Labute approximate surface area is 167 Å². The van der Waals surface area contributed by atoms with E-state index in [2.05, 4.69) is 5.32 Å². The highest BCUT2D eigenvalue weighted by atomic mass is 32.2. The van der Waals surface area contributed by atoms with Gasteiger partial charge in [-0.05, 0) is 36.1 Å². The van der Waals surface area contributed by atoms with Crippen molar-refractivity contribution in [3.8, 4) is 5.75 Å². The van der Waals surface area contributed by atoms with Gasteiger partial charge in [0.05, 0.1) is 24.2 Å². The van der Waals surface area contributed by atoms with Crippen LogP contribution < -0.4 is 10.1 Å². The van der Waals surface area contributed by atoms with Gasteiger partial charge in [0, 0.05) is 6.42 Å². The van der Waals surface area contributed by atoms with E-state index in [0.29, 0.717) is 0 Å². The van der Waals surface area contributed by atoms with Crippen molar-refractivity contribution < 1.29 is 17.9 Å². The lowest BCUT2D eigenvalue weighted by Gasteiger charge is -2.20. The van der Waals surface area contributed by atoms with Gasteiger partial charge in [-0.15, -0.1) is 0 Å². The molecule has 1 amide bonds. The summed E-state index contributed by atoms with van der Waals surface area (Å²) in [7, 11) is -1.60. The fraction of sp³-hybridized carbons (Fsp3) is 0.409. The summed E-state index contributed by atoms with van der Waals surface area (Å²) in [6.45, 7) is 0. The third-order valence-electron chi connectivity index (χ3n) is 5.31. The molecule has 2 aromatic rings. The Morgan fingerprint density at radius 2 is 1.64 bits per heavy atom. The van der Waals surface area contributed by atoms with Gasteiger partial charge in [-0.25, -0.2) is 8.42 Å². The Balaban J connectivity index is 1.71. The second kappa shape index (κ2) is 9.24. The van der Waals surface area contributed by atoms with Crippen LogP contribution in [0.25, 0.3) is 0 Å². The summed E-state index contributed by atoms with van der Waals surface area (Å²) < 4.78 is 30.1. The zero-order chi connectivity index (χ0) is 20.0. The Morgan fingerprint density at radius 3 is 2.25 bits per heavy atom. The Hall–Kier alpha value is -2.34. The first kappa shape index (κ1) is 20.4. The molecule has 6 heteroatoms. The van der Waals surface area contributed by atoms with Crippen LogP contribution in [0.5, 0.6) is 5.75 Å². The van der Waals surface area contributed by atoms with Gasteiger partial charge in [0.25, 0.3) is 0 Å². The summed E-state index contributed by atoms with van der Waals surface area (Å²) in [6, 6.07) is 16.8. The zero-order valence-corrected chi connectivity index (χ0v) is 17.0. The minimum absolute atomic E-state index is 0.0156. The van der Waals surface area contributed by atoms with Crippen LogP contribution in [0.15, 0.2) is 54.6 Å². The van der Waals surface area contributed by atoms with Crippen molar-refractivity contribution in [1.29, 1.82) is 0 Å². The second-order valence-electron chi connectivity index (χ2n) is 7.21. The molecule has 1 aliphatic carbocycles. The molecule has 3 rings (SSSR count). The number of amides is 1. The van der Waals surface area contributed by atoms with E-state index in [4.69, 9.17) is 4.74 Å². The van der Waals surface area contributed by atoms with Crippen molar-refractivity contribution in [2.45, 2.75) is 43.4 Å². The normalized spacial score (nSPS) is 15.9. The second-order valence-corrected chi connectivity index (χ2v) is 9.61. The summed E-state index contributed by atoms with van der Waals surface area (Å²) in [4.78, 5) is 12.6. The molecule has 0 radical (unpaired) electrons. The van der Waals surface area contributed by atoms with E-state index >= 15 is 0 Å². The smallest absolute Gasteiger partial charge is 0.221 e. The minimum atomic E-state index is -3.21. The van der Waals surface area contributed by atoms with E-state index in [1.165, 1.54) is 0 Å². The lowest BCUT2D eigenvalue weighted by molar-refractivity contribution is -0.121. The quantitative estimate of drug-likeness (QED) is 0.733. The first-order valence-corrected chi connectivity index (χ1v) is 11.4. The lowest BCUT2D eigenvalue weighted by Crippen LogP contribution is -2.32. The topological polar surface area (TPSA) is 72.5 Å². The summed E-state index contributed by atoms with van der Waals surface area (Å²) >= 11 is 0. The predicted molar refractivity (Wildman–Crippen MR) is 110 cm³/mol. The first-order valence-electron chi connectivity index (χ1n) is 9.69. The van der Waals surface area contributed by atoms with Crippen LogP contribution in [0.2, 0.25) is 0 Å². The predicted octanol–water partition coefficient (Wildman–Crippen LogP) is 3.65. The molecule has 0 spiro atoms. The summed E-state index contributed by atoms with van der Waals surface area (Å²) in [5, 5.41) is 2.73. The number of carbonyl (C=O) groups is 1. The van der Waals surface area contributed by atoms with E-state index in [9.17, 15) is 13.2 Å². The number of nitrogens with one attached hydrogen (secondary N) is 1. The van der Waals surface area contributed by atoms with Gasteiger partial charge >= 0.3 is 0 Å². The van der Waals surface area contributed by atoms with Gasteiger partial charge in [-0.1, -0.05) is 55.3 Å². The number of sulfone groups is 1. The van der Waals surface area contributed by atoms with E-state index < -0.39 is 9.84 Å². The van der Waals surface area contributed by atoms with Crippen LogP contribution >= 0.6 is 0 Å². The average molecular weight is 402 g/mol. The maximum absolute atomic E-state index is 12.6. The maximum Gasteiger partial charge on any atom is 0.221 e. The molecule has 0 bridgehead atoms. The van der Waals surface area contributed by atoms with Gasteiger partial charge in [-0.3, -0.25) is 4.79 Å². The number of hydrogen-bond acceptors (Lipinski definition) is 4. The van der Waals surface area contributed by atoms with Gasteiger partial charge < -0.3 is 10.1 Å². The van der Waals surface area contributed by atoms with Crippen LogP contribution in [0.4, 0.5) is 0 Å². The van der Waals surface area contributed by atoms with Crippen LogP contribution in [0.3, 0.4) is 0 Å². The van der Waals surface area contributed by atoms with Crippen LogP contribution in [-0.2, 0) is 14.6 Å². The molecular formula is C22H27NO4S. The molecule has 0 saturated heterocycles. The molecule has 1 unspecified atom stereocenters. The molecule has 150 valence electrons. The van der Waals surface area contributed by atoms with Crippen LogP contribution in [-0.4, -0.2) is 32.4 Å². The molecule has 0 aliphatic heterocycles. The molecule has 1 atom stereocenters. The van der Waals surface area contributed by atoms with E-state index in [0.717, 1.165) is 42.6 Å². The third kappa shape index (κ3) is 5.13. The Kier molecular flexibility index (Phi) is 6.73. The van der Waals surface area contributed by atoms with Crippen LogP contribution in [0, 0.1) is 0 Å². The monoisotopic (exact) mass is 401 g/mol. The van der Waals surface area contributed by atoms with E-state index in [-0.39, 0.29) is 29.4 Å². The summed E-state index contributed by atoms with van der Waals surface area (Å²) in [5.74, 6) is 0.393. The molecule has 1 aliphatic rings. The van der Waals surface area contributed by atoms with Gasteiger partial charge in [0.15, 0.2) is 9.84 Å². The van der Waals surface area contributed by atoms with Crippen molar-refractivity contribution in [1.82, 2.24) is 5.32 Å². The summed E-state index contributed by atoms with van der Waals surface area (Å²) in [5.41, 5.74) is 1.86. The summed E-state index contributed by atoms with van der Waals surface area (Å²) in [6.07, 6.45) is 3.36. The zero-order valence-electron chi connectivity index (χ0n) is 16.1. The molecule has 1 saturated carbocycles. The first-order chi connectivity index (χ1) is 13.5. The molecule has 5 nitrogen and oxygen atoms in total. The highest BCUT2D eigenvalue weighted by Gasteiger charge is 2.29. The number of benzene rings is 2. The highest BCUT2D eigenvalue weighted by Crippen LogP contribution is 2.26. The molecular weight excluding hydrogens is 374 g/mol. The van der Waals surface area contributed by atoms with Crippen molar-refractivity contribution >= 4 is 15.7 Å². The standard InChI is InChI=1S/C22H27NO4S/c1-27-19-13-11-18(12-14-19)22(17-7-3-2-4-8-17)23-21(24)15-16-28(25,26)20-9-5-6-10-20/h2-4,7-8,11-14,20,22H,5-6,9-10,15-16H2,1H3,(H,23,24). The Morgan fingerprint density at radius 1 is 1.04 bits per heavy atom. The maximum atomic E-state index is 12.6. The number of ether oxygens (including phenoxy) is 1. The minimum Gasteiger partial charge on any atom is -0.497 e. The molecule has 28 heavy (non-hydrogen) atoms. The largest absolute Gasteiger partial charge is 0.497 e. The van der Waals surface area contributed by atoms with Gasteiger partial charge in [0.1, 0.15) is 5.75 Å². The van der Waals surface area contributed by atoms with E-state index in [1.807, 2.05) is 54.6 Å². The molecule has 0 heterocycles. The average Bonchev–Trinajstić information content (AvgIpc) is 3.27. The number of carbonyl (C=O) groups excluding carboxylic acids is 1. The van der Waals surface area contributed by atoms with Crippen molar-refractivity contribution in [2.24, 2.45) is 0 Å².